The molecule has 0 radical (unpaired) electrons. The van der Waals surface area contributed by atoms with Gasteiger partial charge in [-0.2, -0.15) is 0 Å². The summed E-state index contributed by atoms with van der Waals surface area (Å²) in [6.45, 7) is 1.57. The van der Waals surface area contributed by atoms with Gasteiger partial charge in [0.15, 0.2) is 0 Å². The van der Waals surface area contributed by atoms with E-state index < -0.39 is 11.9 Å². The Morgan fingerprint density at radius 3 is 2.65 bits per heavy atom. The van der Waals surface area contributed by atoms with Crippen molar-refractivity contribution in [2.45, 2.75) is 12.8 Å². The van der Waals surface area contributed by atoms with Crippen LogP contribution in [0.2, 0.25) is 0 Å². The standard InChI is InChI=1S/C12H11FN2O2/c1-8(12(16)17)11-6-15(7-14-11)10-4-2-9(13)3-5-10/h2-8H,1H3,(H,16,17). The molecule has 2 rings (SSSR count). The van der Waals surface area contributed by atoms with E-state index in [4.69, 9.17) is 5.11 Å². The average molecular weight is 234 g/mol. The zero-order chi connectivity index (χ0) is 12.4. The van der Waals surface area contributed by atoms with Crippen LogP contribution in [0.1, 0.15) is 18.5 Å². The Morgan fingerprint density at radius 2 is 2.06 bits per heavy atom. The summed E-state index contributed by atoms with van der Waals surface area (Å²) in [6, 6.07) is 5.89. The summed E-state index contributed by atoms with van der Waals surface area (Å²) in [5.41, 5.74) is 1.21. The summed E-state index contributed by atoms with van der Waals surface area (Å²) >= 11 is 0. The van der Waals surface area contributed by atoms with Gasteiger partial charge < -0.3 is 9.67 Å². The van der Waals surface area contributed by atoms with E-state index in [9.17, 15) is 9.18 Å². The van der Waals surface area contributed by atoms with Crippen LogP contribution in [0.15, 0.2) is 36.8 Å². The monoisotopic (exact) mass is 234 g/mol. The van der Waals surface area contributed by atoms with E-state index >= 15 is 0 Å². The molecule has 0 bridgehead atoms. The highest BCUT2D eigenvalue weighted by molar-refractivity contribution is 5.74. The Balaban J connectivity index is 2.29. The van der Waals surface area contributed by atoms with Crippen molar-refractivity contribution in [2.75, 3.05) is 0 Å². The molecule has 1 unspecified atom stereocenters. The molecule has 0 amide bonds. The Hall–Kier alpha value is -2.17. The molecule has 0 aliphatic rings. The van der Waals surface area contributed by atoms with Gasteiger partial charge in [-0.15, -0.1) is 0 Å². The fraction of sp³-hybridized carbons (Fsp3) is 0.167. The van der Waals surface area contributed by atoms with Crippen LogP contribution in [-0.2, 0) is 4.79 Å². The molecule has 5 heteroatoms. The van der Waals surface area contributed by atoms with Gasteiger partial charge in [0.2, 0.25) is 0 Å². The molecule has 88 valence electrons. The third-order valence-electron chi connectivity index (χ3n) is 2.54. The lowest BCUT2D eigenvalue weighted by Crippen LogP contribution is -2.07. The highest BCUT2D eigenvalue weighted by atomic mass is 19.1. The van der Waals surface area contributed by atoms with Crippen molar-refractivity contribution >= 4 is 5.97 Å². The Bertz CT molecular complexity index is 534. The molecule has 17 heavy (non-hydrogen) atoms. The molecule has 0 spiro atoms. The predicted octanol–water partition coefficient (Wildman–Crippen LogP) is 2.20. The number of aliphatic carboxylic acids is 1. The number of carboxylic acids is 1. The zero-order valence-corrected chi connectivity index (χ0v) is 9.17. The third-order valence-corrected chi connectivity index (χ3v) is 2.54. The highest BCUT2D eigenvalue weighted by Gasteiger charge is 2.16. The van der Waals surface area contributed by atoms with Crippen LogP contribution in [-0.4, -0.2) is 20.6 Å². The van der Waals surface area contributed by atoms with Crippen molar-refractivity contribution in [3.63, 3.8) is 0 Å². The number of carboxylic acid groups (broad SMARTS) is 1. The van der Waals surface area contributed by atoms with E-state index in [2.05, 4.69) is 4.98 Å². The fourth-order valence-electron chi connectivity index (χ4n) is 1.44. The quantitative estimate of drug-likeness (QED) is 0.885. The smallest absolute Gasteiger partial charge is 0.312 e. The summed E-state index contributed by atoms with van der Waals surface area (Å²) in [5.74, 6) is -1.89. The van der Waals surface area contributed by atoms with E-state index in [0.29, 0.717) is 5.69 Å². The maximum Gasteiger partial charge on any atom is 0.312 e. The summed E-state index contributed by atoms with van der Waals surface area (Å²) in [4.78, 5) is 14.8. The first-order chi connectivity index (χ1) is 8.08. The molecule has 1 N–H and O–H groups in total. The zero-order valence-electron chi connectivity index (χ0n) is 9.17. The molecule has 0 saturated heterocycles. The summed E-state index contributed by atoms with van der Waals surface area (Å²) < 4.78 is 14.4. The molecular weight excluding hydrogens is 223 g/mol. The third kappa shape index (κ3) is 2.33. The van der Waals surface area contributed by atoms with Gasteiger partial charge in [-0.1, -0.05) is 0 Å². The van der Waals surface area contributed by atoms with Crippen molar-refractivity contribution < 1.29 is 14.3 Å². The number of imidazole rings is 1. The van der Waals surface area contributed by atoms with Crippen molar-refractivity contribution in [1.82, 2.24) is 9.55 Å². The highest BCUT2D eigenvalue weighted by Crippen LogP contribution is 2.16. The van der Waals surface area contributed by atoms with E-state index in [1.165, 1.54) is 18.5 Å². The van der Waals surface area contributed by atoms with Crippen LogP contribution in [0.5, 0.6) is 0 Å². The summed E-state index contributed by atoms with van der Waals surface area (Å²) in [7, 11) is 0. The number of rotatable bonds is 3. The Kier molecular flexibility index (Phi) is 2.91. The van der Waals surface area contributed by atoms with Crippen molar-refractivity contribution in [2.24, 2.45) is 0 Å². The SMILES string of the molecule is CC(C(=O)O)c1cn(-c2ccc(F)cc2)cn1. The summed E-state index contributed by atoms with van der Waals surface area (Å²) in [5, 5.41) is 8.85. The second kappa shape index (κ2) is 4.37. The van der Waals surface area contributed by atoms with Gasteiger partial charge in [0.25, 0.3) is 0 Å². The number of nitrogens with zero attached hydrogens (tertiary/aromatic N) is 2. The normalized spacial score (nSPS) is 12.4. The van der Waals surface area contributed by atoms with Crippen LogP contribution >= 0.6 is 0 Å². The molecule has 1 aromatic heterocycles. The maximum absolute atomic E-state index is 12.7. The van der Waals surface area contributed by atoms with Gasteiger partial charge in [-0.3, -0.25) is 4.79 Å². The molecule has 4 nitrogen and oxygen atoms in total. The number of hydrogen-bond acceptors (Lipinski definition) is 2. The maximum atomic E-state index is 12.7. The second-order valence-corrected chi connectivity index (χ2v) is 3.74. The molecule has 1 atom stereocenters. The van der Waals surface area contributed by atoms with E-state index in [-0.39, 0.29) is 5.82 Å². The first kappa shape index (κ1) is 11.3. The minimum Gasteiger partial charge on any atom is -0.481 e. The van der Waals surface area contributed by atoms with Crippen LogP contribution in [0.3, 0.4) is 0 Å². The van der Waals surface area contributed by atoms with E-state index in [1.807, 2.05) is 0 Å². The first-order valence-electron chi connectivity index (χ1n) is 5.10. The van der Waals surface area contributed by atoms with E-state index in [0.717, 1.165) is 5.69 Å². The minimum atomic E-state index is -0.922. The van der Waals surface area contributed by atoms with Gasteiger partial charge in [-0.25, -0.2) is 9.37 Å². The lowest BCUT2D eigenvalue weighted by Gasteiger charge is -2.02. The lowest BCUT2D eigenvalue weighted by atomic mass is 10.1. The Morgan fingerprint density at radius 1 is 1.41 bits per heavy atom. The Labute approximate surface area is 97.3 Å². The second-order valence-electron chi connectivity index (χ2n) is 3.74. The molecule has 0 saturated carbocycles. The molecular formula is C12H11FN2O2. The van der Waals surface area contributed by atoms with Gasteiger partial charge in [0, 0.05) is 11.9 Å². The molecule has 0 aliphatic heterocycles. The number of halogens is 1. The predicted molar refractivity (Wildman–Crippen MR) is 59.6 cm³/mol. The molecule has 1 heterocycles. The summed E-state index contributed by atoms with van der Waals surface area (Å²) in [6.07, 6.45) is 3.15. The minimum absolute atomic E-state index is 0.312. The number of carbonyl (C=O) groups is 1. The van der Waals surface area contributed by atoms with Crippen LogP contribution in [0.25, 0.3) is 5.69 Å². The van der Waals surface area contributed by atoms with Crippen LogP contribution in [0, 0.1) is 5.82 Å². The van der Waals surface area contributed by atoms with E-state index in [1.54, 1.807) is 29.8 Å². The lowest BCUT2D eigenvalue weighted by molar-refractivity contribution is -0.138. The van der Waals surface area contributed by atoms with Gasteiger partial charge in [0.05, 0.1) is 17.9 Å². The van der Waals surface area contributed by atoms with Gasteiger partial charge in [0.1, 0.15) is 5.82 Å². The molecule has 2 aromatic rings. The van der Waals surface area contributed by atoms with Crippen LogP contribution < -0.4 is 0 Å². The fourth-order valence-corrected chi connectivity index (χ4v) is 1.44. The molecule has 0 aliphatic carbocycles. The largest absolute Gasteiger partial charge is 0.481 e. The number of hydrogen-bond donors (Lipinski definition) is 1. The van der Waals surface area contributed by atoms with Gasteiger partial charge >= 0.3 is 5.97 Å². The number of aromatic nitrogens is 2. The molecule has 1 aromatic carbocycles. The average Bonchev–Trinajstić information content (AvgIpc) is 2.78. The first-order valence-corrected chi connectivity index (χ1v) is 5.10. The van der Waals surface area contributed by atoms with Crippen molar-refractivity contribution in [1.29, 1.82) is 0 Å². The van der Waals surface area contributed by atoms with Crippen molar-refractivity contribution in [3.05, 3.63) is 48.3 Å². The topological polar surface area (TPSA) is 55.1 Å². The number of benzene rings is 1. The van der Waals surface area contributed by atoms with Crippen molar-refractivity contribution in [3.8, 4) is 5.69 Å². The van der Waals surface area contributed by atoms with Gasteiger partial charge in [-0.05, 0) is 31.2 Å². The molecule has 0 fully saturated rings. The van der Waals surface area contributed by atoms with Crippen LogP contribution in [0.4, 0.5) is 4.39 Å².